The SMILES string of the molecule is NS(=O)(=O)c1ccc(NC(=O)n2ccnc2)c(Br)c1. The topological polar surface area (TPSA) is 107 Å². The van der Waals surface area contributed by atoms with Crippen LogP contribution < -0.4 is 10.5 Å². The van der Waals surface area contributed by atoms with Crippen molar-refractivity contribution in [2.45, 2.75) is 4.90 Å². The van der Waals surface area contributed by atoms with Crippen LogP contribution >= 0.6 is 15.9 Å². The van der Waals surface area contributed by atoms with E-state index in [4.69, 9.17) is 5.14 Å². The number of nitrogens with zero attached hydrogens (tertiary/aromatic N) is 2. The van der Waals surface area contributed by atoms with Crippen LogP contribution in [0.3, 0.4) is 0 Å². The summed E-state index contributed by atoms with van der Waals surface area (Å²) in [6.45, 7) is 0. The van der Waals surface area contributed by atoms with Crippen molar-refractivity contribution in [1.29, 1.82) is 0 Å². The van der Waals surface area contributed by atoms with Crippen LogP contribution in [0.15, 0.2) is 46.3 Å². The number of anilines is 1. The van der Waals surface area contributed by atoms with Crippen molar-refractivity contribution in [2.75, 3.05) is 5.32 Å². The summed E-state index contributed by atoms with van der Waals surface area (Å²) in [6.07, 6.45) is 4.31. The average Bonchev–Trinajstić information content (AvgIpc) is 2.84. The number of primary sulfonamides is 1. The van der Waals surface area contributed by atoms with Gasteiger partial charge in [0, 0.05) is 16.9 Å². The molecule has 0 fully saturated rings. The number of nitrogens with two attached hydrogens (primary N) is 1. The lowest BCUT2D eigenvalue weighted by atomic mass is 10.3. The molecule has 1 aromatic heterocycles. The number of rotatable bonds is 2. The summed E-state index contributed by atoms with van der Waals surface area (Å²) in [5.74, 6) is 0. The molecule has 3 N–H and O–H groups in total. The number of carbonyl (C=O) groups excluding carboxylic acids is 1. The highest BCUT2D eigenvalue weighted by Gasteiger charge is 2.12. The quantitative estimate of drug-likeness (QED) is 0.857. The maximum Gasteiger partial charge on any atom is 0.331 e. The summed E-state index contributed by atoms with van der Waals surface area (Å²) in [7, 11) is -3.77. The molecule has 9 heteroatoms. The molecule has 0 saturated heterocycles. The third-order valence-electron chi connectivity index (χ3n) is 2.25. The monoisotopic (exact) mass is 344 g/mol. The Kier molecular flexibility index (Phi) is 3.69. The first-order valence-corrected chi connectivity index (χ1v) is 7.33. The number of carbonyl (C=O) groups is 1. The van der Waals surface area contributed by atoms with Gasteiger partial charge in [-0.2, -0.15) is 0 Å². The Balaban J connectivity index is 2.25. The molecule has 2 aromatic rings. The molecule has 0 radical (unpaired) electrons. The zero-order chi connectivity index (χ0) is 14.0. The lowest BCUT2D eigenvalue weighted by molar-refractivity contribution is 0.253. The smallest absolute Gasteiger partial charge is 0.306 e. The molecule has 1 heterocycles. The van der Waals surface area contributed by atoms with Crippen LogP contribution in [-0.4, -0.2) is 24.0 Å². The minimum atomic E-state index is -3.77. The highest BCUT2D eigenvalue weighted by Crippen LogP contribution is 2.25. The molecule has 0 bridgehead atoms. The Hall–Kier alpha value is -1.71. The van der Waals surface area contributed by atoms with E-state index in [1.54, 1.807) is 0 Å². The van der Waals surface area contributed by atoms with Crippen molar-refractivity contribution < 1.29 is 13.2 Å². The molecule has 19 heavy (non-hydrogen) atoms. The number of halogens is 1. The molecule has 1 aromatic carbocycles. The predicted octanol–water partition coefficient (Wildman–Crippen LogP) is 1.37. The van der Waals surface area contributed by atoms with Crippen LogP contribution in [0.1, 0.15) is 0 Å². The largest absolute Gasteiger partial charge is 0.331 e. The number of sulfonamides is 1. The van der Waals surface area contributed by atoms with Crippen molar-refractivity contribution in [2.24, 2.45) is 5.14 Å². The first kappa shape index (κ1) is 13.7. The fourth-order valence-electron chi connectivity index (χ4n) is 1.33. The van der Waals surface area contributed by atoms with Gasteiger partial charge in [0.2, 0.25) is 10.0 Å². The van der Waals surface area contributed by atoms with Crippen LogP contribution in [0, 0.1) is 0 Å². The molecule has 100 valence electrons. The lowest BCUT2D eigenvalue weighted by Crippen LogP contribution is -2.18. The van der Waals surface area contributed by atoms with Crippen LogP contribution in [0.2, 0.25) is 0 Å². The van der Waals surface area contributed by atoms with E-state index in [1.807, 2.05) is 0 Å². The van der Waals surface area contributed by atoms with Gasteiger partial charge < -0.3 is 5.32 Å². The van der Waals surface area contributed by atoms with E-state index >= 15 is 0 Å². The van der Waals surface area contributed by atoms with Gasteiger partial charge >= 0.3 is 6.03 Å². The van der Waals surface area contributed by atoms with E-state index in [0.717, 1.165) is 0 Å². The average molecular weight is 345 g/mol. The van der Waals surface area contributed by atoms with Crippen molar-refractivity contribution in [3.63, 3.8) is 0 Å². The molecule has 1 amide bonds. The number of hydrogen-bond acceptors (Lipinski definition) is 4. The Labute approximate surface area is 117 Å². The molecule has 2 rings (SSSR count). The standard InChI is InChI=1S/C10H9BrN4O3S/c11-8-5-7(19(12,17)18)1-2-9(8)14-10(16)15-4-3-13-6-15/h1-6H,(H,14,16)(H2,12,17,18). The van der Waals surface area contributed by atoms with Gasteiger partial charge in [-0.1, -0.05) is 0 Å². The number of amides is 1. The van der Waals surface area contributed by atoms with Crippen molar-refractivity contribution in [1.82, 2.24) is 9.55 Å². The highest BCUT2D eigenvalue weighted by atomic mass is 79.9. The molecular formula is C10H9BrN4O3S. The van der Waals surface area contributed by atoms with Crippen LogP contribution in [0.5, 0.6) is 0 Å². The summed E-state index contributed by atoms with van der Waals surface area (Å²) in [6, 6.07) is 3.66. The van der Waals surface area contributed by atoms with Gasteiger partial charge in [-0.05, 0) is 34.1 Å². The van der Waals surface area contributed by atoms with Crippen LogP contribution in [0.25, 0.3) is 0 Å². The third kappa shape index (κ3) is 3.19. The Morgan fingerprint density at radius 3 is 2.68 bits per heavy atom. The summed E-state index contributed by atoms with van der Waals surface area (Å²) >= 11 is 3.17. The number of nitrogens with one attached hydrogen (secondary N) is 1. The van der Waals surface area contributed by atoms with Crippen LogP contribution in [-0.2, 0) is 10.0 Å². The van der Waals surface area contributed by atoms with E-state index < -0.39 is 16.1 Å². The second-order valence-corrected chi connectivity index (χ2v) is 6.00. The molecule has 0 aliphatic heterocycles. The fraction of sp³-hybridized carbons (Fsp3) is 0. The number of aromatic nitrogens is 2. The Morgan fingerprint density at radius 1 is 1.42 bits per heavy atom. The first-order chi connectivity index (χ1) is 8.88. The van der Waals surface area contributed by atoms with Crippen molar-refractivity contribution >= 4 is 37.7 Å². The van der Waals surface area contributed by atoms with E-state index in [-0.39, 0.29) is 4.90 Å². The molecule has 7 nitrogen and oxygen atoms in total. The molecule has 0 aliphatic rings. The Morgan fingerprint density at radius 2 is 2.16 bits per heavy atom. The van der Waals surface area contributed by atoms with Gasteiger partial charge in [0.15, 0.2) is 0 Å². The van der Waals surface area contributed by atoms with Gasteiger partial charge in [0.05, 0.1) is 10.6 Å². The zero-order valence-corrected chi connectivity index (χ0v) is 11.8. The summed E-state index contributed by atoms with van der Waals surface area (Å²) in [4.78, 5) is 15.5. The maximum absolute atomic E-state index is 11.8. The maximum atomic E-state index is 11.8. The number of imidazole rings is 1. The normalized spacial score (nSPS) is 11.3. The number of benzene rings is 1. The van der Waals surface area contributed by atoms with Gasteiger partial charge in [-0.25, -0.2) is 23.3 Å². The van der Waals surface area contributed by atoms with E-state index in [0.29, 0.717) is 10.2 Å². The molecule has 0 aliphatic carbocycles. The third-order valence-corrected chi connectivity index (χ3v) is 3.82. The molecule has 0 unspecified atom stereocenters. The van der Waals surface area contributed by atoms with Gasteiger partial charge in [0.25, 0.3) is 0 Å². The predicted molar refractivity (Wildman–Crippen MR) is 72.2 cm³/mol. The van der Waals surface area contributed by atoms with Crippen molar-refractivity contribution in [3.05, 3.63) is 41.4 Å². The second kappa shape index (κ2) is 5.11. The summed E-state index contributed by atoms with van der Waals surface area (Å²) < 4.78 is 24.0. The highest BCUT2D eigenvalue weighted by molar-refractivity contribution is 9.10. The van der Waals surface area contributed by atoms with E-state index in [2.05, 4.69) is 26.2 Å². The lowest BCUT2D eigenvalue weighted by Gasteiger charge is -2.08. The van der Waals surface area contributed by atoms with E-state index in [9.17, 15) is 13.2 Å². The van der Waals surface area contributed by atoms with Gasteiger partial charge in [-0.3, -0.25) is 4.57 Å². The number of hydrogen-bond donors (Lipinski definition) is 2. The molecular weight excluding hydrogens is 336 g/mol. The van der Waals surface area contributed by atoms with E-state index in [1.165, 1.54) is 41.5 Å². The van der Waals surface area contributed by atoms with Gasteiger partial charge in [-0.15, -0.1) is 0 Å². The minimum Gasteiger partial charge on any atom is -0.306 e. The summed E-state index contributed by atoms with van der Waals surface area (Å²) in [5.41, 5.74) is 0.422. The first-order valence-electron chi connectivity index (χ1n) is 4.99. The molecule has 0 spiro atoms. The Bertz CT molecular complexity index is 712. The molecule has 0 atom stereocenters. The fourth-order valence-corrected chi connectivity index (χ4v) is 2.50. The zero-order valence-electron chi connectivity index (χ0n) is 9.45. The molecule has 0 saturated carbocycles. The minimum absolute atomic E-state index is 0.0417. The summed E-state index contributed by atoms with van der Waals surface area (Å²) in [5, 5.41) is 7.60. The van der Waals surface area contributed by atoms with Crippen molar-refractivity contribution in [3.8, 4) is 0 Å². The van der Waals surface area contributed by atoms with Gasteiger partial charge in [0.1, 0.15) is 6.33 Å². The second-order valence-electron chi connectivity index (χ2n) is 3.59. The van der Waals surface area contributed by atoms with Crippen LogP contribution in [0.4, 0.5) is 10.5 Å².